The summed E-state index contributed by atoms with van der Waals surface area (Å²) in [5.74, 6) is 0. The monoisotopic (exact) mass is 130 g/mol. The number of rotatable bonds is 0. The van der Waals surface area contributed by atoms with Crippen molar-refractivity contribution >= 4 is 0 Å². The number of nitrogens with one attached hydrogen (secondary N) is 1. The van der Waals surface area contributed by atoms with Crippen molar-refractivity contribution in [3.05, 3.63) is 47.5 Å². The molecule has 0 atom stereocenters. The van der Waals surface area contributed by atoms with Gasteiger partial charge in [0.2, 0.25) is 0 Å². The lowest BCUT2D eigenvalue weighted by molar-refractivity contribution is 0.414. The molecule has 2 heterocycles. The Labute approximate surface area is 58.8 Å². The predicted octanol–water partition coefficient (Wildman–Crippen LogP) is 1.04. The topological polar surface area (TPSA) is 15.3 Å². The molecule has 2 aliphatic heterocycles. The largest absolute Gasteiger partial charge is 0.301 e. The van der Waals surface area contributed by atoms with Gasteiger partial charge in [0.15, 0.2) is 0 Å². The van der Waals surface area contributed by atoms with Crippen LogP contribution in [-0.4, -0.2) is 5.01 Å². The van der Waals surface area contributed by atoms with Gasteiger partial charge in [-0.25, -0.2) is 0 Å². The fourth-order valence-corrected chi connectivity index (χ4v) is 1.30. The maximum absolute atomic E-state index is 3.13. The average Bonchev–Trinajstić information content (AvgIpc) is 2.60. The number of hydrogen-bond acceptors (Lipinski definition) is 2. The smallest absolute Gasteiger partial charge is 0.0710 e. The van der Waals surface area contributed by atoms with Gasteiger partial charge in [0.25, 0.3) is 0 Å². The maximum Gasteiger partial charge on any atom is 0.0710 e. The van der Waals surface area contributed by atoms with Gasteiger partial charge < -0.3 is 5.43 Å². The van der Waals surface area contributed by atoms with Crippen LogP contribution < -0.4 is 5.43 Å². The standard InChI is InChI=1S/C8H6N2/c1-2-7-3-4-9-10(7)8-5-6(1)8/h1-5,9H. The van der Waals surface area contributed by atoms with Crippen molar-refractivity contribution in [2.45, 2.75) is 0 Å². The quantitative estimate of drug-likeness (QED) is 0.527. The lowest BCUT2D eigenvalue weighted by atomic mass is 10.3. The fraction of sp³-hybridized carbons (Fsp3) is 0. The van der Waals surface area contributed by atoms with Crippen LogP contribution in [0, 0.1) is 0 Å². The molecule has 10 heavy (non-hydrogen) atoms. The molecule has 0 aromatic heterocycles. The van der Waals surface area contributed by atoms with E-state index in [-0.39, 0.29) is 0 Å². The highest BCUT2D eigenvalue weighted by molar-refractivity contribution is 5.62. The summed E-state index contributed by atoms with van der Waals surface area (Å²) in [5.41, 5.74) is 7.01. The zero-order valence-corrected chi connectivity index (χ0v) is 5.33. The van der Waals surface area contributed by atoms with Gasteiger partial charge in [-0.1, -0.05) is 6.08 Å². The molecule has 0 radical (unpaired) electrons. The van der Waals surface area contributed by atoms with Crippen molar-refractivity contribution in [3.63, 3.8) is 0 Å². The van der Waals surface area contributed by atoms with E-state index >= 15 is 0 Å². The minimum absolute atomic E-state index is 1.23. The Balaban J connectivity index is 2.15. The average molecular weight is 130 g/mol. The van der Waals surface area contributed by atoms with Crippen LogP contribution in [0.25, 0.3) is 0 Å². The summed E-state index contributed by atoms with van der Waals surface area (Å²) in [5, 5.41) is 2.08. The van der Waals surface area contributed by atoms with E-state index in [1.165, 1.54) is 17.0 Å². The molecular formula is C8H6N2. The SMILES string of the molecule is C1=CC2=CC=C3C=C3N2N1. The molecule has 1 N–H and O–H groups in total. The number of nitrogens with zero attached hydrogens (tertiary/aromatic N) is 1. The van der Waals surface area contributed by atoms with E-state index in [1.54, 1.807) is 0 Å². The zero-order valence-electron chi connectivity index (χ0n) is 5.33. The van der Waals surface area contributed by atoms with E-state index in [4.69, 9.17) is 0 Å². The first-order valence-corrected chi connectivity index (χ1v) is 3.32. The molecule has 0 bridgehead atoms. The first-order chi connectivity index (χ1) is 4.95. The minimum Gasteiger partial charge on any atom is -0.301 e. The van der Waals surface area contributed by atoms with Gasteiger partial charge in [0.05, 0.1) is 11.4 Å². The van der Waals surface area contributed by atoms with E-state index in [9.17, 15) is 0 Å². The molecule has 0 saturated heterocycles. The lowest BCUT2D eigenvalue weighted by Crippen LogP contribution is -2.25. The summed E-state index contributed by atoms with van der Waals surface area (Å²) < 4.78 is 0. The van der Waals surface area contributed by atoms with E-state index in [2.05, 4.69) is 34.7 Å². The third kappa shape index (κ3) is 0.365. The van der Waals surface area contributed by atoms with Crippen LogP contribution in [0.1, 0.15) is 0 Å². The molecule has 3 rings (SSSR count). The predicted molar refractivity (Wildman–Crippen MR) is 38.4 cm³/mol. The van der Waals surface area contributed by atoms with Crippen molar-refractivity contribution < 1.29 is 0 Å². The third-order valence-corrected chi connectivity index (χ3v) is 1.90. The Kier molecular flexibility index (Phi) is 0.520. The Bertz CT molecular complexity index is 318. The third-order valence-electron chi connectivity index (χ3n) is 1.90. The maximum atomic E-state index is 3.13. The summed E-state index contributed by atoms with van der Waals surface area (Å²) in [6.45, 7) is 0. The van der Waals surface area contributed by atoms with Gasteiger partial charge in [0.1, 0.15) is 0 Å². The van der Waals surface area contributed by atoms with Crippen LogP contribution in [0.2, 0.25) is 0 Å². The second-order valence-corrected chi connectivity index (χ2v) is 2.54. The van der Waals surface area contributed by atoms with Crippen LogP contribution in [0.4, 0.5) is 0 Å². The van der Waals surface area contributed by atoms with Crippen molar-refractivity contribution in [3.8, 4) is 0 Å². The summed E-state index contributed by atoms with van der Waals surface area (Å²) in [7, 11) is 0. The van der Waals surface area contributed by atoms with Gasteiger partial charge >= 0.3 is 0 Å². The Hall–Kier alpha value is -1.44. The molecule has 2 nitrogen and oxygen atoms in total. The lowest BCUT2D eigenvalue weighted by Gasteiger charge is -2.18. The van der Waals surface area contributed by atoms with Crippen LogP contribution in [0.5, 0.6) is 0 Å². The number of allylic oxidation sites excluding steroid dienone is 5. The number of hydrogen-bond donors (Lipinski definition) is 1. The highest BCUT2D eigenvalue weighted by atomic mass is 15.5. The van der Waals surface area contributed by atoms with E-state index in [1.807, 2.05) is 6.20 Å². The number of fused-ring (bicyclic) bond motifs is 3. The molecule has 1 aliphatic carbocycles. The highest BCUT2D eigenvalue weighted by Gasteiger charge is 2.28. The molecule has 0 aromatic carbocycles. The minimum atomic E-state index is 1.23. The molecule has 2 heteroatoms. The second-order valence-electron chi connectivity index (χ2n) is 2.54. The fourth-order valence-electron chi connectivity index (χ4n) is 1.30. The van der Waals surface area contributed by atoms with Gasteiger partial charge in [-0.05, 0) is 18.2 Å². The molecule has 0 unspecified atom stereocenters. The van der Waals surface area contributed by atoms with Crippen molar-refractivity contribution in [2.24, 2.45) is 0 Å². The van der Waals surface area contributed by atoms with Crippen molar-refractivity contribution in [2.75, 3.05) is 0 Å². The van der Waals surface area contributed by atoms with Gasteiger partial charge in [-0.2, -0.15) is 0 Å². The summed E-state index contributed by atoms with van der Waals surface area (Å²) in [6, 6.07) is 0. The van der Waals surface area contributed by atoms with Gasteiger partial charge in [-0.3, -0.25) is 5.01 Å². The Morgan fingerprint density at radius 1 is 1.30 bits per heavy atom. The van der Waals surface area contributed by atoms with Crippen LogP contribution >= 0.6 is 0 Å². The van der Waals surface area contributed by atoms with Gasteiger partial charge in [0, 0.05) is 11.8 Å². The molecule has 0 amide bonds. The summed E-state index contributed by atoms with van der Waals surface area (Å²) in [4.78, 5) is 0. The Morgan fingerprint density at radius 2 is 2.30 bits per heavy atom. The first kappa shape index (κ1) is 4.39. The van der Waals surface area contributed by atoms with E-state index in [0.717, 1.165) is 0 Å². The molecule has 0 aromatic rings. The first-order valence-electron chi connectivity index (χ1n) is 3.32. The molecule has 3 aliphatic rings. The van der Waals surface area contributed by atoms with Crippen molar-refractivity contribution in [1.82, 2.24) is 10.4 Å². The van der Waals surface area contributed by atoms with Crippen LogP contribution in [0.15, 0.2) is 47.5 Å². The zero-order chi connectivity index (χ0) is 6.55. The highest BCUT2D eigenvalue weighted by Crippen LogP contribution is 2.37. The second kappa shape index (κ2) is 1.19. The van der Waals surface area contributed by atoms with Gasteiger partial charge in [-0.15, -0.1) is 0 Å². The number of hydrazine groups is 1. The Morgan fingerprint density at radius 3 is 3.30 bits per heavy atom. The molecule has 0 saturated carbocycles. The normalized spacial score (nSPS) is 24.0. The molecule has 48 valence electrons. The van der Waals surface area contributed by atoms with E-state index in [0.29, 0.717) is 0 Å². The molecular weight excluding hydrogens is 124 g/mol. The summed E-state index contributed by atoms with van der Waals surface area (Å²) >= 11 is 0. The summed E-state index contributed by atoms with van der Waals surface area (Å²) in [6.07, 6.45) is 10.4. The molecule has 0 fully saturated rings. The van der Waals surface area contributed by atoms with Crippen molar-refractivity contribution in [1.29, 1.82) is 0 Å². The molecule has 0 spiro atoms. The van der Waals surface area contributed by atoms with Crippen LogP contribution in [0.3, 0.4) is 0 Å². The van der Waals surface area contributed by atoms with E-state index < -0.39 is 0 Å². The van der Waals surface area contributed by atoms with Crippen LogP contribution in [-0.2, 0) is 0 Å².